The summed E-state index contributed by atoms with van der Waals surface area (Å²) in [6.45, 7) is 1.94. The molecule has 0 aliphatic carbocycles. The third-order valence-electron chi connectivity index (χ3n) is 4.95. The lowest BCUT2D eigenvalue weighted by Crippen LogP contribution is -2.20. The van der Waals surface area contributed by atoms with Gasteiger partial charge in [-0.05, 0) is 49.4 Å². The van der Waals surface area contributed by atoms with Crippen LogP contribution < -0.4 is 20.3 Å². The van der Waals surface area contributed by atoms with E-state index in [9.17, 15) is 14.9 Å². The predicted molar refractivity (Wildman–Crippen MR) is 128 cm³/mol. The number of aryl methyl sites for hydroxylation is 1. The van der Waals surface area contributed by atoms with Crippen molar-refractivity contribution in [2.75, 3.05) is 12.4 Å². The minimum absolute atomic E-state index is 0.0121. The monoisotopic (exact) mass is 452 g/mol. The van der Waals surface area contributed by atoms with Crippen LogP contribution in [-0.2, 0) is 4.79 Å². The molecular formula is C26H20N4O4. The fourth-order valence-corrected chi connectivity index (χ4v) is 3.19. The van der Waals surface area contributed by atoms with Gasteiger partial charge in [0.05, 0.1) is 7.11 Å². The lowest BCUT2D eigenvalue weighted by atomic mass is 10.1. The molecule has 4 rings (SSSR count). The van der Waals surface area contributed by atoms with Gasteiger partial charge in [-0.1, -0.05) is 29.8 Å². The molecule has 8 nitrogen and oxygen atoms in total. The van der Waals surface area contributed by atoms with E-state index < -0.39 is 11.5 Å². The Morgan fingerprint density at radius 3 is 2.62 bits per heavy atom. The van der Waals surface area contributed by atoms with Gasteiger partial charge in [-0.25, -0.2) is 0 Å². The van der Waals surface area contributed by atoms with Crippen LogP contribution >= 0.6 is 0 Å². The van der Waals surface area contributed by atoms with Gasteiger partial charge >= 0.3 is 0 Å². The summed E-state index contributed by atoms with van der Waals surface area (Å²) in [7, 11) is 1.51. The number of amides is 1. The standard InChI is InChI=1S/C26H20N4O4/c1-17-9-11-20(12-10-17)34-25-22(26(32)30-13-4-3-8-23(30)29-25)14-18(16-27)24(31)28-19-6-5-7-21(15-19)33-2/h3-15H,1-2H3,(H,28,31)/b18-14+. The highest BCUT2D eigenvalue weighted by atomic mass is 16.5. The van der Waals surface area contributed by atoms with E-state index in [1.54, 1.807) is 60.8 Å². The van der Waals surface area contributed by atoms with Crippen LogP contribution in [0.3, 0.4) is 0 Å². The largest absolute Gasteiger partial charge is 0.497 e. The van der Waals surface area contributed by atoms with Gasteiger partial charge in [0.2, 0.25) is 5.88 Å². The molecule has 0 bridgehead atoms. The number of nitrogens with zero attached hydrogens (tertiary/aromatic N) is 3. The Morgan fingerprint density at radius 2 is 1.88 bits per heavy atom. The Hall–Kier alpha value is -4.90. The zero-order valence-electron chi connectivity index (χ0n) is 18.5. The van der Waals surface area contributed by atoms with Gasteiger partial charge in [0.25, 0.3) is 11.5 Å². The van der Waals surface area contributed by atoms with E-state index in [0.29, 0.717) is 22.8 Å². The maximum atomic E-state index is 13.3. The molecule has 0 spiro atoms. The lowest BCUT2D eigenvalue weighted by molar-refractivity contribution is -0.112. The first-order chi connectivity index (χ1) is 16.5. The Morgan fingerprint density at radius 1 is 1.09 bits per heavy atom. The van der Waals surface area contributed by atoms with Gasteiger partial charge in [0, 0.05) is 18.0 Å². The van der Waals surface area contributed by atoms with E-state index in [0.717, 1.165) is 5.56 Å². The molecule has 1 N–H and O–H groups in total. The summed E-state index contributed by atoms with van der Waals surface area (Å²) in [5.41, 5.74) is 1.06. The van der Waals surface area contributed by atoms with E-state index in [2.05, 4.69) is 10.3 Å². The minimum atomic E-state index is -0.686. The van der Waals surface area contributed by atoms with Crippen LogP contribution in [0.5, 0.6) is 17.4 Å². The van der Waals surface area contributed by atoms with E-state index in [4.69, 9.17) is 9.47 Å². The number of methoxy groups -OCH3 is 1. The number of fused-ring (bicyclic) bond motifs is 1. The summed E-state index contributed by atoms with van der Waals surface area (Å²) in [6.07, 6.45) is 2.74. The van der Waals surface area contributed by atoms with Gasteiger partial charge in [0.1, 0.15) is 34.4 Å². The summed E-state index contributed by atoms with van der Waals surface area (Å²) >= 11 is 0. The molecule has 168 valence electrons. The molecule has 1 amide bonds. The maximum Gasteiger partial charge on any atom is 0.269 e. The third-order valence-corrected chi connectivity index (χ3v) is 4.95. The molecular weight excluding hydrogens is 432 g/mol. The highest BCUT2D eigenvalue weighted by Gasteiger charge is 2.17. The van der Waals surface area contributed by atoms with E-state index >= 15 is 0 Å². The van der Waals surface area contributed by atoms with E-state index in [1.165, 1.54) is 17.6 Å². The first kappa shape index (κ1) is 22.3. The number of hydrogen-bond acceptors (Lipinski definition) is 6. The van der Waals surface area contributed by atoms with Crippen molar-refractivity contribution >= 4 is 23.3 Å². The van der Waals surface area contributed by atoms with Crippen LogP contribution in [0.4, 0.5) is 5.69 Å². The van der Waals surface area contributed by atoms with Crippen molar-refractivity contribution in [1.29, 1.82) is 5.26 Å². The highest BCUT2D eigenvalue weighted by molar-refractivity contribution is 6.09. The highest BCUT2D eigenvalue weighted by Crippen LogP contribution is 2.25. The molecule has 8 heteroatoms. The number of pyridine rings is 1. The molecule has 0 aliphatic heterocycles. The number of carbonyl (C=O) groups excluding carboxylic acids is 1. The van der Waals surface area contributed by atoms with Crippen molar-refractivity contribution in [1.82, 2.24) is 9.38 Å². The van der Waals surface area contributed by atoms with Crippen LogP contribution in [0.2, 0.25) is 0 Å². The molecule has 4 aromatic rings. The maximum absolute atomic E-state index is 13.3. The zero-order valence-corrected chi connectivity index (χ0v) is 18.5. The number of aromatic nitrogens is 2. The Balaban J connectivity index is 1.78. The Kier molecular flexibility index (Phi) is 6.37. The second kappa shape index (κ2) is 9.71. The average molecular weight is 452 g/mol. The number of anilines is 1. The molecule has 0 unspecified atom stereocenters. The van der Waals surface area contributed by atoms with Crippen molar-refractivity contribution in [3.63, 3.8) is 0 Å². The van der Waals surface area contributed by atoms with Crippen LogP contribution in [-0.4, -0.2) is 22.4 Å². The first-order valence-corrected chi connectivity index (χ1v) is 10.3. The molecule has 2 aromatic carbocycles. The fourth-order valence-electron chi connectivity index (χ4n) is 3.19. The van der Waals surface area contributed by atoms with Gasteiger partial charge < -0.3 is 14.8 Å². The zero-order chi connectivity index (χ0) is 24.1. The van der Waals surface area contributed by atoms with Crippen LogP contribution in [0, 0.1) is 18.3 Å². The minimum Gasteiger partial charge on any atom is -0.497 e. The van der Waals surface area contributed by atoms with Crippen molar-refractivity contribution < 1.29 is 14.3 Å². The molecule has 2 heterocycles. The number of nitrogens with one attached hydrogen (secondary N) is 1. The lowest BCUT2D eigenvalue weighted by Gasteiger charge is -2.11. The number of benzene rings is 2. The van der Waals surface area contributed by atoms with Crippen molar-refractivity contribution in [2.24, 2.45) is 0 Å². The number of nitriles is 1. The van der Waals surface area contributed by atoms with Crippen LogP contribution in [0.1, 0.15) is 11.1 Å². The molecule has 0 radical (unpaired) electrons. The molecule has 0 saturated heterocycles. The second-order valence-corrected chi connectivity index (χ2v) is 7.34. The first-order valence-electron chi connectivity index (χ1n) is 10.3. The molecule has 0 fully saturated rings. The molecule has 0 saturated carbocycles. The van der Waals surface area contributed by atoms with E-state index in [1.807, 2.05) is 25.1 Å². The fraction of sp³-hybridized carbons (Fsp3) is 0.0769. The van der Waals surface area contributed by atoms with E-state index in [-0.39, 0.29) is 17.0 Å². The second-order valence-electron chi connectivity index (χ2n) is 7.34. The molecule has 0 atom stereocenters. The number of ether oxygens (including phenoxy) is 2. The number of rotatable bonds is 6. The van der Waals surface area contributed by atoms with Crippen LogP contribution in [0.15, 0.2) is 83.3 Å². The van der Waals surface area contributed by atoms with Crippen molar-refractivity contribution in [2.45, 2.75) is 6.92 Å². The number of carbonyl (C=O) groups is 1. The summed E-state index contributed by atoms with van der Waals surface area (Å²) in [4.78, 5) is 30.5. The summed E-state index contributed by atoms with van der Waals surface area (Å²) < 4.78 is 12.4. The van der Waals surface area contributed by atoms with Crippen molar-refractivity contribution in [3.05, 3.63) is 100.0 Å². The summed E-state index contributed by atoms with van der Waals surface area (Å²) in [5.74, 6) is 0.314. The van der Waals surface area contributed by atoms with Crippen LogP contribution in [0.25, 0.3) is 11.7 Å². The van der Waals surface area contributed by atoms with Crippen molar-refractivity contribution in [3.8, 4) is 23.4 Å². The molecule has 34 heavy (non-hydrogen) atoms. The van der Waals surface area contributed by atoms with Gasteiger partial charge in [-0.3, -0.25) is 14.0 Å². The summed E-state index contributed by atoms with van der Waals surface area (Å²) in [6, 6.07) is 20.9. The quantitative estimate of drug-likeness (QED) is 0.344. The Labute approximate surface area is 195 Å². The number of hydrogen-bond donors (Lipinski definition) is 1. The van der Waals surface area contributed by atoms with Gasteiger partial charge in [-0.2, -0.15) is 10.2 Å². The predicted octanol–water partition coefficient (Wildman–Crippen LogP) is 4.35. The summed E-state index contributed by atoms with van der Waals surface area (Å²) in [5, 5.41) is 12.3. The van der Waals surface area contributed by atoms with Gasteiger partial charge in [-0.15, -0.1) is 0 Å². The topological polar surface area (TPSA) is 106 Å². The average Bonchev–Trinajstić information content (AvgIpc) is 2.85. The van der Waals surface area contributed by atoms with Gasteiger partial charge in [0.15, 0.2) is 0 Å². The smallest absolute Gasteiger partial charge is 0.269 e. The SMILES string of the molecule is COc1cccc(NC(=O)/C(C#N)=C/c2c(Oc3ccc(C)cc3)nc3ccccn3c2=O)c1. The Bertz CT molecular complexity index is 1500. The normalized spacial score (nSPS) is 11.0. The molecule has 0 aliphatic rings. The third kappa shape index (κ3) is 4.79. The molecule has 2 aromatic heterocycles.